The van der Waals surface area contributed by atoms with Crippen LogP contribution in [0.4, 0.5) is 0 Å². The number of unbranched alkanes of at least 4 members (excludes halogenated alkanes) is 2. The van der Waals surface area contributed by atoms with E-state index in [1.807, 2.05) is 0 Å². The Morgan fingerprint density at radius 2 is 0.960 bits per heavy atom. The fourth-order valence-corrected chi connectivity index (χ4v) is 5.63. The fourth-order valence-electron chi connectivity index (χ4n) is 2.66. The van der Waals surface area contributed by atoms with Crippen LogP contribution in [-0.2, 0) is 0 Å². The minimum atomic E-state index is -0.877. The van der Waals surface area contributed by atoms with Gasteiger partial charge in [0.15, 0.2) is 0 Å². The van der Waals surface area contributed by atoms with Crippen LogP contribution in [0.3, 0.4) is 0 Å². The zero-order chi connectivity index (χ0) is 17.7. The molecular weight excluding hydrogens is 387 g/mol. The second kappa shape index (κ2) is 12.0. The number of rotatable bonds is 6. The molecule has 0 aliphatic carbocycles. The van der Waals surface area contributed by atoms with Gasteiger partial charge in [-0.05, 0) is 42.8 Å². The highest BCUT2D eigenvalue weighted by atomic mass is 79.9. The third kappa shape index (κ3) is 6.77. The normalized spacial score (nSPS) is 10.2. The van der Waals surface area contributed by atoms with E-state index in [4.69, 9.17) is 0 Å². The Balaban J connectivity index is 0.000000326. The van der Waals surface area contributed by atoms with Crippen LogP contribution in [0.25, 0.3) is 0 Å². The first-order valence-corrected chi connectivity index (χ1v) is 11.6. The Hall–Kier alpha value is -1.43. The Labute approximate surface area is 162 Å². The average Bonchev–Trinajstić information content (AvgIpc) is 2.70. The van der Waals surface area contributed by atoms with Gasteiger partial charge in [-0.2, -0.15) is 0 Å². The van der Waals surface area contributed by atoms with Crippen molar-refractivity contribution < 1.29 is 0 Å². The highest BCUT2D eigenvalue weighted by Gasteiger charge is 2.24. The van der Waals surface area contributed by atoms with Crippen LogP contribution in [0.2, 0.25) is 0 Å². The maximum atomic E-state index is 3.35. The van der Waals surface area contributed by atoms with Gasteiger partial charge >= 0.3 is 0 Å². The lowest BCUT2D eigenvalue weighted by atomic mass is 10.3. The quantitative estimate of drug-likeness (QED) is 0.274. The summed E-state index contributed by atoms with van der Waals surface area (Å²) in [5, 5.41) is 5.47. The summed E-state index contributed by atoms with van der Waals surface area (Å²) in [5.74, 6) is 0. The van der Waals surface area contributed by atoms with Gasteiger partial charge in [0.05, 0.1) is 7.92 Å². The van der Waals surface area contributed by atoms with E-state index in [9.17, 15) is 0 Å². The molecule has 0 aliphatic heterocycles. The second-order valence-corrected chi connectivity index (χ2v) is 9.14. The van der Waals surface area contributed by atoms with Crippen molar-refractivity contribution in [3.05, 3.63) is 91.0 Å². The summed E-state index contributed by atoms with van der Waals surface area (Å²) in [6, 6.07) is 32.5. The van der Waals surface area contributed by atoms with Gasteiger partial charge in [-0.3, -0.25) is 0 Å². The maximum absolute atomic E-state index is 3.35. The molecule has 0 N–H and O–H groups in total. The average molecular weight is 414 g/mol. The first-order chi connectivity index (χ1) is 12.4. The molecule has 0 nitrogen and oxygen atoms in total. The van der Waals surface area contributed by atoms with E-state index in [2.05, 4.69) is 114 Å². The maximum Gasteiger partial charge on any atom is 0.102 e. The highest BCUT2D eigenvalue weighted by Crippen LogP contribution is 2.32. The Kier molecular flexibility index (Phi) is 9.55. The van der Waals surface area contributed by atoms with Gasteiger partial charge in [0.25, 0.3) is 0 Å². The SMILES string of the molecule is CCCCCBr.c1ccc([PH+](c2ccccc2)c2ccccc2)cc1. The lowest BCUT2D eigenvalue weighted by molar-refractivity contribution is 0.781. The van der Waals surface area contributed by atoms with E-state index in [1.54, 1.807) is 0 Å². The smallest absolute Gasteiger partial charge is 0.0928 e. The molecule has 0 spiro atoms. The number of halogens is 1. The fraction of sp³-hybridized carbons (Fsp3) is 0.217. The van der Waals surface area contributed by atoms with Crippen molar-refractivity contribution in [2.24, 2.45) is 0 Å². The van der Waals surface area contributed by atoms with Crippen molar-refractivity contribution in [2.45, 2.75) is 26.2 Å². The number of hydrogen-bond acceptors (Lipinski definition) is 0. The molecule has 0 saturated heterocycles. The summed E-state index contributed by atoms with van der Waals surface area (Å²) in [4.78, 5) is 0. The van der Waals surface area contributed by atoms with Crippen LogP contribution in [0.15, 0.2) is 91.0 Å². The molecule has 130 valence electrons. The summed E-state index contributed by atoms with van der Waals surface area (Å²) in [5.41, 5.74) is 0. The lowest BCUT2D eigenvalue weighted by Crippen LogP contribution is -2.20. The van der Waals surface area contributed by atoms with E-state index in [1.165, 1.54) is 40.5 Å². The second-order valence-electron chi connectivity index (χ2n) is 5.87. The molecule has 0 bridgehead atoms. The Bertz CT molecular complexity index is 585. The van der Waals surface area contributed by atoms with Gasteiger partial charge in [0.1, 0.15) is 15.9 Å². The topological polar surface area (TPSA) is 0 Å². The molecule has 3 aromatic rings. The van der Waals surface area contributed by atoms with E-state index < -0.39 is 7.92 Å². The molecule has 0 aromatic heterocycles. The highest BCUT2D eigenvalue weighted by molar-refractivity contribution is 9.09. The number of alkyl halides is 1. The molecule has 0 fully saturated rings. The predicted molar refractivity (Wildman–Crippen MR) is 120 cm³/mol. The Morgan fingerprint density at radius 3 is 1.20 bits per heavy atom. The first-order valence-electron chi connectivity index (χ1n) is 8.96. The van der Waals surface area contributed by atoms with Crippen LogP contribution < -0.4 is 15.9 Å². The third-order valence-corrected chi connectivity index (χ3v) is 7.22. The molecule has 0 saturated carbocycles. The van der Waals surface area contributed by atoms with Crippen LogP contribution in [0.5, 0.6) is 0 Å². The summed E-state index contributed by atoms with van der Waals surface area (Å²) >= 11 is 3.35. The van der Waals surface area contributed by atoms with Gasteiger partial charge in [-0.15, -0.1) is 0 Å². The molecule has 0 unspecified atom stereocenters. The van der Waals surface area contributed by atoms with E-state index in [0.29, 0.717) is 0 Å². The lowest BCUT2D eigenvalue weighted by Gasteiger charge is -2.10. The number of hydrogen-bond donors (Lipinski definition) is 0. The zero-order valence-corrected chi connectivity index (χ0v) is 17.5. The molecule has 0 aliphatic rings. The van der Waals surface area contributed by atoms with Crippen molar-refractivity contribution in [1.82, 2.24) is 0 Å². The van der Waals surface area contributed by atoms with E-state index in [0.717, 1.165) is 0 Å². The molecule has 0 radical (unpaired) electrons. The van der Waals surface area contributed by atoms with Crippen molar-refractivity contribution >= 4 is 39.8 Å². The minimum absolute atomic E-state index is 0.877. The Morgan fingerprint density at radius 1 is 0.600 bits per heavy atom. The third-order valence-electron chi connectivity index (χ3n) is 3.92. The monoisotopic (exact) mass is 413 g/mol. The summed E-state index contributed by atoms with van der Waals surface area (Å²) in [6.07, 6.45) is 4.02. The van der Waals surface area contributed by atoms with Gasteiger partial charge in [0, 0.05) is 5.33 Å². The van der Waals surface area contributed by atoms with Gasteiger partial charge < -0.3 is 0 Å². The van der Waals surface area contributed by atoms with E-state index in [-0.39, 0.29) is 0 Å². The standard InChI is InChI=1S/C18H15P.C5H11Br/c1-4-10-16(11-5-1)19(17-12-6-2-7-13-17)18-14-8-3-9-15-18;1-2-3-4-5-6/h1-15H;2-5H2,1H3/p+1. The first kappa shape index (κ1) is 19.9. The predicted octanol–water partition coefficient (Wildman–Crippen LogP) is 5.75. The number of benzene rings is 3. The van der Waals surface area contributed by atoms with Crippen LogP contribution >= 0.6 is 23.9 Å². The van der Waals surface area contributed by atoms with Crippen LogP contribution in [0, 0.1) is 0 Å². The summed E-state index contributed by atoms with van der Waals surface area (Å²) in [7, 11) is -0.877. The minimum Gasteiger partial charge on any atom is -0.0928 e. The summed E-state index contributed by atoms with van der Waals surface area (Å²) in [6.45, 7) is 2.21. The molecule has 3 aromatic carbocycles. The molecule has 3 rings (SSSR count). The molecule has 2 heteroatoms. The molecule has 0 amide bonds. The van der Waals surface area contributed by atoms with Crippen molar-refractivity contribution in [3.63, 3.8) is 0 Å². The summed E-state index contributed by atoms with van der Waals surface area (Å²) < 4.78 is 0. The van der Waals surface area contributed by atoms with Crippen molar-refractivity contribution in [1.29, 1.82) is 0 Å². The van der Waals surface area contributed by atoms with Crippen LogP contribution in [-0.4, -0.2) is 5.33 Å². The molecule has 0 atom stereocenters. The van der Waals surface area contributed by atoms with Crippen molar-refractivity contribution in [2.75, 3.05) is 5.33 Å². The molecule has 25 heavy (non-hydrogen) atoms. The van der Waals surface area contributed by atoms with Crippen molar-refractivity contribution in [3.8, 4) is 0 Å². The van der Waals surface area contributed by atoms with Gasteiger partial charge in [-0.1, -0.05) is 90.3 Å². The zero-order valence-electron chi connectivity index (χ0n) is 14.9. The van der Waals surface area contributed by atoms with E-state index >= 15 is 0 Å². The van der Waals surface area contributed by atoms with Gasteiger partial charge in [0.2, 0.25) is 0 Å². The van der Waals surface area contributed by atoms with Crippen LogP contribution in [0.1, 0.15) is 26.2 Å². The molecular formula is C23H27BrP+. The largest absolute Gasteiger partial charge is 0.102 e. The van der Waals surface area contributed by atoms with Gasteiger partial charge in [-0.25, -0.2) is 0 Å². The molecule has 0 heterocycles.